The molecule has 0 saturated carbocycles. The molecule has 0 aliphatic carbocycles. The van der Waals surface area contributed by atoms with E-state index >= 15 is 0 Å². The molecule has 16 nitrogen and oxygen atoms in total. The molecule has 6 rings (SSSR count). The van der Waals surface area contributed by atoms with E-state index in [4.69, 9.17) is 14.2 Å². The SMILES string of the molecule is COc1cc2cc(OC)c1OCCCNC(=O)CN(C(=O)c1nnc3n1CCCCC3)CCNC(=O)[C@@H](Cc1ccccc1)NC(=O)[C@H](C)NC2=O. The Morgan fingerprint density at radius 2 is 1.63 bits per heavy atom. The number of aryl methyl sites for hydroxylation is 1. The second kappa shape index (κ2) is 18.0. The number of nitrogens with zero attached hydrogens (tertiary/aromatic N) is 4. The van der Waals surface area contributed by atoms with Gasteiger partial charge in [-0.1, -0.05) is 36.8 Å². The molecule has 0 saturated heterocycles. The summed E-state index contributed by atoms with van der Waals surface area (Å²) >= 11 is 0. The van der Waals surface area contributed by atoms with Gasteiger partial charge in [0.1, 0.15) is 24.5 Å². The lowest BCUT2D eigenvalue weighted by Gasteiger charge is -2.24. The van der Waals surface area contributed by atoms with E-state index in [1.807, 2.05) is 34.9 Å². The number of amides is 5. The second-order valence-electron chi connectivity index (χ2n) is 12.6. The van der Waals surface area contributed by atoms with Crippen LogP contribution in [0.15, 0.2) is 42.5 Å². The molecule has 4 heterocycles. The summed E-state index contributed by atoms with van der Waals surface area (Å²) in [4.78, 5) is 68.7. The summed E-state index contributed by atoms with van der Waals surface area (Å²) in [5.74, 6) is -0.969. The first-order valence-electron chi connectivity index (χ1n) is 17.5. The van der Waals surface area contributed by atoms with Gasteiger partial charge in [0, 0.05) is 44.6 Å². The van der Waals surface area contributed by atoms with Gasteiger partial charge in [-0.3, -0.25) is 24.0 Å². The van der Waals surface area contributed by atoms with E-state index in [9.17, 15) is 24.0 Å². The van der Waals surface area contributed by atoms with Crippen LogP contribution in [0.25, 0.3) is 0 Å². The zero-order valence-electron chi connectivity index (χ0n) is 29.7. The number of hydrogen-bond acceptors (Lipinski definition) is 10. The van der Waals surface area contributed by atoms with Crippen LogP contribution in [-0.2, 0) is 33.8 Å². The Hall–Kier alpha value is -5.67. The Balaban J connectivity index is 1.41. The molecule has 0 unspecified atom stereocenters. The van der Waals surface area contributed by atoms with Gasteiger partial charge < -0.3 is 44.9 Å². The third kappa shape index (κ3) is 9.56. The van der Waals surface area contributed by atoms with Crippen LogP contribution in [0.4, 0.5) is 0 Å². The number of methoxy groups -OCH3 is 2. The van der Waals surface area contributed by atoms with Crippen molar-refractivity contribution in [2.75, 3.05) is 47.0 Å². The zero-order chi connectivity index (χ0) is 37.0. The molecule has 3 aromatic rings. The summed E-state index contributed by atoms with van der Waals surface area (Å²) in [5.41, 5.74) is 0.957. The molecule has 52 heavy (non-hydrogen) atoms. The quantitative estimate of drug-likeness (QED) is 0.277. The first-order chi connectivity index (χ1) is 25.2. The minimum atomic E-state index is -1.03. The Morgan fingerprint density at radius 3 is 2.37 bits per heavy atom. The van der Waals surface area contributed by atoms with Crippen molar-refractivity contribution in [2.24, 2.45) is 0 Å². The summed E-state index contributed by atoms with van der Waals surface area (Å²) in [6, 6.07) is 10.0. The molecule has 0 fully saturated rings. The van der Waals surface area contributed by atoms with E-state index in [-0.39, 0.29) is 67.8 Å². The van der Waals surface area contributed by atoms with Gasteiger partial charge in [-0.2, -0.15) is 0 Å². The van der Waals surface area contributed by atoms with Crippen molar-refractivity contribution in [3.05, 3.63) is 65.2 Å². The first kappa shape index (κ1) is 37.6. The molecule has 278 valence electrons. The van der Waals surface area contributed by atoms with Gasteiger partial charge >= 0.3 is 0 Å². The van der Waals surface area contributed by atoms with Crippen molar-refractivity contribution in [2.45, 2.75) is 64.1 Å². The van der Waals surface area contributed by atoms with E-state index in [1.54, 1.807) is 0 Å². The molecular weight excluding hydrogens is 672 g/mol. The Labute approximate surface area is 301 Å². The van der Waals surface area contributed by atoms with Gasteiger partial charge in [0.25, 0.3) is 11.8 Å². The Bertz CT molecular complexity index is 1720. The third-order valence-corrected chi connectivity index (χ3v) is 8.87. The Kier molecular flexibility index (Phi) is 13.0. The van der Waals surface area contributed by atoms with E-state index in [2.05, 4.69) is 31.5 Å². The number of fused-ring (bicyclic) bond motifs is 20. The number of carbonyl (C=O) groups is 5. The number of benzene rings is 2. The van der Waals surface area contributed by atoms with Crippen LogP contribution in [-0.4, -0.2) is 108 Å². The molecular formula is C36H46N8O8. The minimum Gasteiger partial charge on any atom is -0.493 e. The predicted molar refractivity (Wildman–Crippen MR) is 188 cm³/mol. The molecule has 4 N–H and O–H groups in total. The van der Waals surface area contributed by atoms with Crippen molar-refractivity contribution in [1.29, 1.82) is 0 Å². The molecule has 0 radical (unpaired) electrons. The van der Waals surface area contributed by atoms with Crippen LogP contribution >= 0.6 is 0 Å². The highest BCUT2D eigenvalue weighted by Gasteiger charge is 2.29. The number of rotatable bonds is 5. The van der Waals surface area contributed by atoms with E-state index in [1.165, 1.54) is 38.2 Å². The standard InChI is InChI=1S/C36H46N8O8/c1-23-33(46)40-26(19-24-11-6-4-7-12-24)35(48)38-15-17-43(36(49)32-42-41-29-13-8-5-9-16-44(29)32)22-30(45)37-14-10-18-52-31-27(50-2)20-25(34(47)39-23)21-28(31)51-3/h4,6-7,11-12,20-21,23,26H,5,8-10,13-19,22H2,1-3H3,(H,37,45)(H,38,48)(H,39,47)(H,40,46)/t23-,26+/m0/s1. The Morgan fingerprint density at radius 1 is 0.885 bits per heavy atom. The fourth-order valence-electron chi connectivity index (χ4n) is 6.03. The maximum absolute atomic E-state index is 13.9. The minimum absolute atomic E-state index is 0.0145. The lowest BCUT2D eigenvalue weighted by atomic mass is 10.0. The van der Waals surface area contributed by atoms with Crippen LogP contribution in [0.5, 0.6) is 17.2 Å². The molecule has 3 aliphatic heterocycles. The van der Waals surface area contributed by atoms with Gasteiger partial charge in [-0.25, -0.2) is 0 Å². The summed E-state index contributed by atoms with van der Waals surface area (Å²) in [6.45, 7) is 2.19. The number of nitrogens with one attached hydrogen (secondary N) is 4. The number of carbonyl (C=O) groups excluding carboxylic acids is 5. The molecule has 16 heteroatoms. The van der Waals surface area contributed by atoms with Gasteiger partial charge in [-0.15, -0.1) is 10.2 Å². The summed E-state index contributed by atoms with van der Waals surface area (Å²) in [5, 5.41) is 19.5. The lowest BCUT2D eigenvalue weighted by Crippen LogP contribution is -2.54. The maximum Gasteiger partial charge on any atom is 0.292 e. The van der Waals surface area contributed by atoms with Crippen LogP contribution < -0.4 is 35.5 Å². The summed E-state index contributed by atoms with van der Waals surface area (Å²) < 4.78 is 18.7. The van der Waals surface area contributed by atoms with Gasteiger partial charge in [0.05, 0.1) is 20.8 Å². The van der Waals surface area contributed by atoms with Crippen molar-refractivity contribution < 1.29 is 38.2 Å². The first-order valence-corrected chi connectivity index (χ1v) is 17.5. The van der Waals surface area contributed by atoms with Crippen molar-refractivity contribution in [1.82, 2.24) is 40.9 Å². The van der Waals surface area contributed by atoms with E-state index in [0.29, 0.717) is 19.4 Å². The fraction of sp³-hybridized carbons (Fsp3) is 0.472. The van der Waals surface area contributed by atoms with Gasteiger partial charge in [-0.05, 0) is 43.9 Å². The third-order valence-electron chi connectivity index (χ3n) is 8.87. The molecule has 1 aromatic heterocycles. The number of ether oxygens (including phenoxy) is 3. The highest BCUT2D eigenvalue weighted by molar-refractivity contribution is 5.99. The van der Waals surface area contributed by atoms with Crippen LogP contribution in [0.2, 0.25) is 0 Å². The molecule has 2 aromatic carbocycles. The molecule has 3 aliphatic rings. The molecule has 2 atom stereocenters. The van der Waals surface area contributed by atoms with Crippen molar-refractivity contribution >= 4 is 29.5 Å². The molecule has 2 bridgehead atoms. The van der Waals surface area contributed by atoms with Crippen molar-refractivity contribution in [3.8, 4) is 17.2 Å². The van der Waals surface area contributed by atoms with Crippen molar-refractivity contribution in [3.63, 3.8) is 0 Å². The topological polar surface area (TPSA) is 195 Å². The van der Waals surface area contributed by atoms with Gasteiger partial charge in [0.15, 0.2) is 11.5 Å². The van der Waals surface area contributed by atoms with Gasteiger partial charge in [0.2, 0.25) is 29.3 Å². The van der Waals surface area contributed by atoms with E-state index < -0.39 is 41.6 Å². The molecule has 0 spiro atoms. The highest BCUT2D eigenvalue weighted by Crippen LogP contribution is 2.38. The van der Waals surface area contributed by atoms with Crippen LogP contribution in [0, 0.1) is 0 Å². The molecule has 5 amide bonds. The fourth-order valence-corrected chi connectivity index (χ4v) is 6.03. The van der Waals surface area contributed by atoms with Crippen LogP contribution in [0.1, 0.15) is 65.0 Å². The smallest absolute Gasteiger partial charge is 0.292 e. The summed E-state index contributed by atoms with van der Waals surface area (Å²) in [6.07, 6.45) is 4.10. The predicted octanol–water partition coefficient (Wildman–Crippen LogP) is 1.02. The van der Waals surface area contributed by atoms with E-state index in [0.717, 1.165) is 30.7 Å². The second-order valence-corrected chi connectivity index (χ2v) is 12.6. The average molecular weight is 719 g/mol. The number of aromatic nitrogens is 3. The largest absolute Gasteiger partial charge is 0.493 e. The average Bonchev–Trinajstić information content (AvgIpc) is 3.40. The van der Waals surface area contributed by atoms with Crippen LogP contribution in [0.3, 0.4) is 0 Å². The normalized spacial score (nSPS) is 19.6. The maximum atomic E-state index is 13.9. The lowest BCUT2D eigenvalue weighted by molar-refractivity contribution is -0.129. The monoisotopic (exact) mass is 718 g/mol. The highest BCUT2D eigenvalue weighted by atomic mass is 16.5. The summed E-state index contributed by atoms with van der Waals surface area (Å²) in [7, 11) is 2.84. The number of hydrogen-bond donors (Lipinski definition) is 4. The zero-order valence-corrected chi connectivity index (χ0v) is 29.7.